The van der Waals surface area contributed by atoms with E-state index in [2.05, 4.69) is 42.2 Å². The van der Waals surface area contributed by atoms with Gasteiger partial charge in [0.25, 0.3) is 0 Å². The van der Waals surface area contributed by atoms with Gasteiger partial charge in [-0.15, -0.1) is 34.2 Å². The van der Waals surface area contributed by atoms with Crippen LogP contribution in [0.4, 0.5) is 5.95 Å². The second kappa shape index (κ2) is 9.49. The molecule has 1 N–H and O–H groups in total. The van der Waals surface area contributed by atoms with Crippen LogP contribution in [0.15, 0.2) is 29.8 Å². The number of aliphatic imine (C=N–C) groups is 1. The van der Waals surface area contributed by atoms with E-state index < -0.39 is 0 Å². The highest BCUT2D eigenvalue weighted by Crippen LogP contribution is 2.10. The molecule has 3 rings (SSSR count). The Balaban J connectivity index is 0.00000225. The van der Waals surface area contributed by atoms with Gasteiger partial charge in [0.2, 0.25) is 5.95 Å². The minimum Gasteiger partial charge on any atom is -0.357 e. The number of halogens is 1. The van der Waals surface area contributed by atoms with Crippen molar-refractivity contribution in [3.05, 3.63) is 30.6 Å². The van der Waals surface area contributed by atoms with Gasteiger partial charge in [0.05, 0.1) is 0 Å². The van der Waals surface area contributed by atoms with E-state index in [0.717, 1.165) is 50.5 Å². The molecule has 0 atom stereocenters. The van der Waals surface area contributed by atoms with E-state index in [9.17, 15) is 0 Å². The first-order valence-corrected chi connectivity index (χ1v) is 8.16. The number of guanidine groups is 1. The predicted octanol–water partition coefficient (Wildman–Crippen LogP) is 0.511. The minimum atomic E-state index is 0. The zero-order chi connectivity index (χ0) is 16.8. The van der Waals surface area contributed by atoms with Gasteiger partial charge in [-0.1, -0.05) is 0 Å². The lowest BCUT2D eigenvalue weighted by Crippen LogP contribution is -2.53. The van der Waals surface area contributed by atoms with Crippen LogP contribution in [0.2, 0.25) is 0 Å². The number of nitrogens with one attached hydrogen (secondary N) is 1. The van der Waals surface area contributed by atoms with Gasteiger partial charge < -0.3 is 19.7 Å². The predicted molar refractivity (Wildman–Crippen MR) is 107 cm³/mol. The number of anilines is 1. The highest BCUT2D eigenvalue weighted by Gasteiger charge is 2.21. The van der Waals surface area contributed by atoms with E-state index in [4.69, 9.17) is 4.99 Å². The molecule has 0 saturated carbocycles. The summed E-state index contributed by atoms with van der Waals surface area (Å²) in [6, 6.07) is 1.84. The topological polar surface area (TPSA) is 87.4 Å². The Morgan fingerprint density at radius 3 is 2.52 bits per heavy atom. The van der Waals surface area contributed by atoms with E-state index in [1.807, 2.05) is 17.7 Å². The highest BCUT2D eigenvalue weighted by atomic mass is 127. The molecule has 1 saturated heterocycles. The summed E-state index contributed by atoms with van der Waals surface area (Å²) >= 11 is 0. The largest absolute Gasteiger partial charge is 0.357 e. The number of nitrogens with zero attached hydrogens (tertiary/aromatic N) is 8. The Labute approximate surface area is 164 Å². The van der Waals surface area contributed by atoms with Crippen LogP contribution in [-0.4, -0.2) is 68.3 Å². The summed E-state index contributed by atoms with van der Waals surface area (Å²) in [5.41, 5.74) is 0. The molecule has 3 heterocycles. The fourth-order valence-electron chi connectivity index (χ4n) is 2.59. The van der Waals surface area contributed by atoms with E-state index in [1.165, 1.54) is 0 Å². The molecular formula is C15H24IN9. The number of aryl methyl sites for hydroxylation is 1. The molecule has 0 unspecified atom stereocenters. The molecule has 0 radical (unpaired) electrons. The van der Waals surface area contributed by atoms with Crippen LogP contribution >= 0.6 is 24.0 Å². The molecule has 136 valence electrons. The molecule has 0 aliphatic carbocycles. The lowest BCUT2D eigenvalue weighted by atomic mass is 10.3. The molecule has 2 aromatic rings. The third-order valence-electron chi connectivity index (χ3n) is 3.92. The maximum Gasteiger partial charge on any atom is 0.225 e. The first kappa shape index (κ1) is 19.3. The molecule has 0 amide bonds. The van der Waals surface area contributed by atoms with Gasteiger partial charge in [0, 0.05) is 52.2 Å². The molecule has 2 aromatic heterocycles. The monoisotopic (exact) mass is 457 g/mol. The summed E-state index contributed by atoms with van der Waals surface area (Å²) in [4.78, 5) is 17.8. The summed E-state index contributed by atoms with van der Waals surface area (Å²) in [6.45, 7) is 6.93. The standard InChI is InChI=1S/C15H23N9.HI/c1-3-16-14(19-11-13-21-20-12-22(13)2)23-7-9-24(10-8-23)15-17-5-4-6-18-15;/h4-6,12H,3,7-11H2,1-2H3,(H,16,19);1H. The van der Waals surface area contributed by atoms with E-state index in [0.29, 0.717) is 6.54 Å². The number of aromatic nitrogens is 5. The number of rotatable bonds is 4. The Morgan fingerprint density at radius 1 is 1.20 bits per heavy atom. The zero-order valence-electron chi connectivity index (χ0n) is 14.5. The minimum absolute atomic E-state index is 0. The van der Waals surface area contributed by atoms with Gasteiger partial charge in [-0.05, 0) is 13.0 Å². The van der Waals surface area contributed by atoms with Crippen molar-refractivity contribution in [2.24, 2.45) is 12.0 Å². The Kier molecular flexibility index (Phi) is 7.34. The maximum atomic E-state index is 4.70. The molecular weight excluding hydrogens is 433 g/mol. The Hall–Kier alpha value is -1.98. The van der Waals surface area contributed by atoms with Crippen LogP contribution in [0, 0.1) is 0 Å². The van der Waals surface area contributed by atoms with Crippen molar-refractivity contribution in [3.8, 4) is 0 Å². The first-order valence-electron chi connectivity index (χ1n) is 8.16. The summed E-state index contributed by atoms with van der Waals surface area (Å²) in [7, 11) is 1.93. The second-order valence-electron chi connectivity index (χ2n) is 5.55. The zero-order valence-corrected chi connectivity index (χ0v) is 16.9. The molecule has 1 aliphatic rings. The van der Waals surface area contributed by atoms with Crippen molar-refractivity contribution in [1.82, 2.24) is 34.9 Å². The van der Waals surface area contributed by atoms with Gasteiger partial charge in [-0.25, -0.2) is 15.0 Å². The molecule has 9 nitrogen and oxygen atoms in total. The van der Waals surface area contributed by atoms with Gasteiger partial charge in [-0.2, -0.15) is 0 Å². The van der Waals surface area contributed by atoms with Crippen molar-refractivity contribution in [3.63, 3.8) is 0 Å². The maximum absolute atomic E-state index is 4.70. The average molecular weight is 457 g/mol. The summed E-state index contributed by atoms with van der Waals surface area (Å²) in [6.07, 6.45) is 5.25. The Bertz CT molecular complexity index is 665. The highest BCUT2D eigenvalue weighted by molar-refractivity contribution is 14.0. The van der Waals surface area contributed by atoms with Crippen LogP contribution in [0.5, 0.6) is 0 Å². The van der Waals surface area contributed by atoms with Crippen LogP contribution in [-0.2, 0) is 13.6 Å². The number of piperazine rings is 1. The average Bonchev–Trinajstić information content (AvgIpc) is 3.04. The summed E-state index contributed by atoms with van der Waals surface area (Å²) < 4.78 is 1.89. The van der Waals surface area contributed by atoms with Crippen LogP contribution in [0.3, 0.4) is 0 Å². The van der Waals surface area contributed by atoms with Crippen molar-refractivity contribution >= 4 is 35.9 Å². The fourth-order valence-corrected chi connectivity index (χ4v) is 2.59. The molecule has 0 aromatic carbocycles. The van der Waals surface area contributed by atoms with Gasteiger partial charge in [0.15, 0.2) is 11.8 Å². The lowest BCUT2D eigenvalue weighted by molar-refractivity contribution is 0.370. The second-order valence-corrected chi connectivity index (χ2v) is 5.55. The molecule has 0 bridgehead atoms. The first-order chi connectivity index (χ1) is 11.8. The molecule has 1 fully saturated rings. The fraction of sp³-hybridized carbons (Fsp3) is 0.533. The van der Waals surface area contributed by atoms with Gasteiger partial charge >= 0.3 is 0 Å². The van der Waals surface area contributed by atoms with Crippen LogP contribution < -0.4 is 10.2 Å². The SMILES string of the molecule is CCNC(=NCc1nncn1C)N1CCN(c2ncccn2)CC1.I. The number of hydrogen-bond acceptors (Lipinski definition) is 6. The normalized spacial score (nSPS) is 15.0. The molecule has 1 aliphatic heterocycles. The van der Waals surface area contributed by atoms with Crippen molar-refractivity contribution in [2.45, 2.75) is 13.5 Å². The number of hydrogen-bond donors (Lipinski definition) is 1. The molecule has 10 heteroatoms. The van der Waals surface area contributed by atoms with Gasteiger partial charge in [0.1, 0.15) is 12.9 Å². The molecule has 25 heavy (non-hydrogen) atoms. The van der Waals surface area contributed by atoms with Crippen LogP contribution in [0.25, 0.3) is 0 Å². The van der Waals surface area contributed by atoms with Crippen molar-refractivity contribution in [1.29, 1.82) is 0 Å². The lowest BCUT2D eigenvalue weighted by Gasteiger charge is -2.36. The van der Waals surface area contributed by atoms with Gasteiger partial charge in [-0.3, -0.25) is 0 Å². The summed E-state index contributed by atoms with van der Waals surface area (Å²) in [5.74, 6) is 2.55. The third kappa shape index (κ3) is 5.00. The van der Waals surface area contributed by atoms with Crippen molar-refractivity contribution in [2.75, 3.05) is 37.6 Å². The van der Waals surface area contributed by atoms with E-state index >= 15 is 0 Å². The van der Waals surface area contributed by atoms with Crippen LogP contribution in [0.1, 0.15) is 12.7 Å². The summed E-state index contributed by atoms with van der Waals surface area (Å²) in [5, 5.41) is 11.3. The van der Waals surface area contributed by atoms with Crippen molar-refractivity contribution < 1.29 is 0 Å². The smallest absolute Gasteiger partial charge is 0.225 e. The Morgan fingerprint density at radius 2 is 1.92 bits per heavy atom. The molecule has 0 spiro atoms. The third-order valence-corrected chi connectivity index (χ3v) is 3.92. The van der Waals surface area contributed by atoms with E-state index in [1.54, 1.807) is 18.7 Å². The van der Waals surface area contributed by atoms with E-state index in [-0.39, 0.29) is 24.0 Å². The quantitative estimate of drug-likeness (QED) is 0.407.